The van der Waals surface area contributed by atoms with Crippen molar-refractivity contribution >= 4 is 11.6 Å². The number of hydrogen-bond donors (Lipinski definition) is 0. The molecule has 0 aromatic carbocycles. The van der Waals surface area contributed by atoms with Gasteiger partial charge in [-0.25, -0.2) is 0 Å². The molecule has 0 unspecified atom stereocenters. The SMILES string of the molecule is CCC(=O)CCCOCCOCCC(=O)CC(C)(C)C. The van der Waals surface area contributed by atoms with Gasteiger partial charge in [-0.3, -0.25) is 9.59 Å². The molecule has 4 nitrogen and oxygen atoms in total. The van der Waals surface area contributed by atoms with Gasteiger partial charge in [-0.15, -0.1) is 0 Å². The molecule has 0 aliphatic rings. The lowest BCUT2D eigenvalue weighted by Crippen LogP contribution is -2.15. The van der Waals surface area contributed by atoms with Crippen LogP contribution in [0, 0.1) is 5.41 Å². The number of ether oxygens (including phenoxy) is 2. The maximum atomic E-state index is 11.6. The number of carbonyl (C=O) groups excluding carboxylic acids is 2. The van der Waals surface area contributed by atoms with Crippen molar-refractivity contribution in [2.75, 3.05) is 26.4 Å². The smallest absolute Gasteiger partial charge is 0.135 e. The molecule has 0 saturated heterocycles. The first-order valence-electron chi connectivity index (χ1n) is 7.54. The van der Waals surface area contributed by atoms with Crippen LogP contribution in [0.1, 0.15) is 59.8 Å². The second-order valence-corrected chi connectivity index (χ2v) is 6.25. The molecule has 0 aromatic heterocycles. The van der Waals surface area contributed by atoms with Crippen LogP contribution in [0.25, 0.3) is 0 Å². The molecule has 0 bridgehead atoms. The average molecular weight is 286 g/mol. The Labute approximate surface area is 123 Å². The summed E-state index contributed by atoms with van der Waals surface area (Å²) in [5.74, 6) is 0.527. The van der Waals surface area contributed by atoms with E-state index in [0.29, 0.717) is 52.1 Å². The highest BCUT2D eigenvalue weighted by Crippen LogP contribution is 2.19. The van der Waals surface area contributed by atoms with Crippen molar-refractivity contribution in [3.8, 4) is 0 Å². The van der Waals surface area contributed by atoms with Gasteiger partial charge in [0.25, 0.3) is 0 Å². The van der Waals surface area contributed by atoms with Crippen LogP contribution in [-0.2, 0) is 19.1 Å². The molecule has 0 aliphatic heterocycles. The van der Waals surface area contributed by atoms with E-state index in [2.05, 4.69) is 20.8 Å². The van der Waals surface area contributed by atoms with E-state index in [1.54, 1.807) is 0 Å². The minimum absolute atomic E-state index is 0.0517. The van der Waals surface area contributed by atoms with Gasteiger partial charge in [-0.05, 0) is 11.8 Å². The summed E-state index contributed by atoms with van der Waals surface area (Å²) in [6, 6.07) is 0. The third-order valence-electron chi connectivity index (χ3n) is 2.76. The summed E-state index contributed by atoms with van der Waals surface area (Å²) in [6.45, 7) is 10.1. The molecule has 0 radical (unpaired) electrons. The first-order chi connectivity index (χ1) is 9.35. The summed E-state index contributed by atoms with van der Waals surface area (Å²) in [6.07, 6.45) is 3.04. The molecular weight excluding hydrogens is 256 g/mol. The number of rotatable bonds is 12. The van der Waals surface area contributed by atoms with Crippen LogP contribution in [0.3, 0.4) is 0 Å². The molecule has 0 heterocycles. The number of ketones is 2. The van der Waals surface area contributed by atoms with Gasteiger partial charge in [-0.1, -0.05) is 27.7 Å². The van der Waals surface area contributed by atoms with Crippen LogP contribution in [0.5, 0.6) is 0 Å². The molecule has 0 rings (SSSR count). The van der Waals surface area contributed by atoms with Crippen LogP contribution in [0.2, 0.25) is 0 Å². The Kier molecular flexibility index (Phi) is 10.6. The molecule has 0 aromatic rings. The highest BCUT2D eigenvalue weighted by Gasteiger charge is 2.15. The Hall–Kier alpha value is -0.740. The monoisotopic (exact) mass is 286 g/mol. The molecule has 0 amide bonds. The van der Waals surface area contributed by atoms with Gasteiger partial charge in [0.1, 0.15) is 11.6 Å². The Balaban J connectivity index is 3.29. The Morgan fingerprint density at radius 3 is 2.00 bits per heavy atom. The van der Waals surface area contributed by atoms with E-state index < -0.39 is 0 Å². The lowest BCUT2D eigenvalue weighted by molar-refractivity contribution is -0.122. The van der Waals surface area contributed by atoms with Crippen LogP contribution in [0.15, 0.2) is 0 Å². The minimum Gasteiger partial charge on any atom is -0.379 e. The standard InChI is InChI=1S/C16H30O4/c1-5-14(17)7-6-9-19-11-12-20-10-8-15(18)13-16(2,3)4/h5-13H2,1-4H3. The van der Waals surface area contributed by atoms with E-state index >= 15 is 0 Å². The summed E-state index contributed by atoms with van der Waals surface area (Å²) in [5.41, 5.74) is 0.0517. The molecule has 20 heavy (non-hydrogen) atoms. The Morgan fingerprint density at radius 1 is 0.850 bits per heavy atom. The zero-order valence-electron chi connectivity index (χ0n) is 13.5. The maximum absolute atomic E-state index is 11.6. The van der Waals surface area contributed by atoms with Crippen molar-refractivity contribution in [3.05, 3.63) is 0 Å². The maximum Gasteiger partial charge on any atom is 0.135 e. The van der Waals surface area contributed by atoms with Gasteiger partial charge in [0, 0.05) is 32.3 Å². The predicted molar refractivity (Wildman–Crippen MR) is 79.9 cm³/mol. The van der Waals surface area contributed by atoms with E-state index in [-0.39, 0.29) is 17.0 Å². The number of carbonyl (C=O) groups is 2. The van der Waals surface area contributed by atoms with Crippen molar-refractivity contribution in [1.29, 1.82) is 0 Å². The van der Waals surface area contributed by atoms with Gasteiger partial charge in [0.2, 0.25) is 0 Å². The molecule has 4 heteroatoms. The third kappa shape index (κ3) is 13.7. The van der Waals surface area contributed by atoms with Gasteiger partial charge in [-0.2, -0.15) is 0 Å². The fraction of sp³-hybridized carbons (Fsp3) is 0.875. The van der Waals surface area contributed by atoms with E-state index in [4.69, 9.17) is 9.47 Å². The summed E-state index contributed by atoms with van der Waals surface area (Å²) in [5, 5.41) is 0. The molecule has 0 aliphatic carbocycles. The minimum atomic E-state index is 0.0517. The first kappa shape index (κ1) is 19.3. The number of Topliss-reactive ketones (excluding diaryl/α,β-unsaturated/α-hetero) is 2. The Morgan fingerprint density at radius 2 is 1.45 bits per heavy atom. The van der Waals surface area contributed by atoms with E-state index in [1.807, 2.05) is 6.92 Å². The second-order valence-electron chi connectivity index (χ2n) is 6.25. The number of hydrogen-bond acceptors (Lipinski definition) is 4. The summed E-state index contributed by atoms with van der Waals surface area (Å²) in [7, 11) is 0. The fourth-order valence-electron chi connectivity index (χ4n) is 1.74. The lowest BCUT2D eigenvalue weighted by Gasteiger charge is -2.16. The van der Waals surface area contributed by atoms with Crippen LogP contribution in [-0.4, -0.2) is 38.0 Å². The molecule has 0 atom stereocenters. The zero-order valence-corrected chi connectivity index (χ0v) is 13.5. The second kappa shape index (κ2) is 11.0. The Bertz CT molecular complexity index is 279. The third-order valence-corrected chi connectivity index (χ3v) is 2.76. The van der Waals surface area contributed by atoms with Crippen molar-refractivity contribution < 1.29 is 19.1 Å². The first-order valence-corrected chi connectivity index (χ1v) is 7.54. The van der Waals surface area contributed by atoms with Crippen LogP contribution in [0.4, 0.5) is 0 Å². The average Bonchev–Trinajstić information content (AvgIpc) is 2.34. The van der Waals surface area contributed by atoms with E-state index in [1.165, 1.54) is 0 Å². The molecule has 0 N–H and O–H groups in total. The van der Waals surface area contributed by atoms with E-state index in [9.17, 15) is 9.59 Å². The van der Waals surface area contributed by atoms with Crippen LogP contribution >= 0.6 is 0 Å². The summed E-state index contributed by atoms with van der Waals surface area (Å²) < 4.78 is 10.7. The largest absolute Gasteiger partial charge is 0.379 e. The highest BCUT2D eigenvalue weighted by atomic mass is 16.5. The predicted octanol–water partition coefficient (Wildman–Crippen LogP) is 3.17. The molecule has 0 fully saturated rings. The molecule has 118 valence electrons. The van der Waals surface area contributed by atoms with Gasteiger partial charge in [0.15, 0.2) is 0 Å². The molecule has 0 saturated carbocycles. The van der Waals surface area contributed by atoms with Crippen molar-refractivity contribution in [3.63, 3.8) is 0 Å². The highest BCUT2D eigenvalue weighted by molar-refractivity contribution is 5.79. The van der Waals surface area contributed by atoms with Crippen molar-refractivity contribution in [1.82, 2.24) is 0 Å². The quantitative estimate of drug-likeness (QED) is 0.517. The lowest BCUT2D eigenvalue weighted by atomic mass is 9.89. The topological polar surface area (TPSA) is 52.6 Å². The van der Waals surface area contributed by atoms with E-state index in [0.717, 1.165) is 6.42 Å². The molecule has 0 spiro atoms. The van der Waals surface area contributed by atoms with Crippen molar-refractivity contribution in [2.45, 2.75) is 59.8 Å². The van der Waals surface area contributed by atoms with Crippen molar-refractivity contribution in [2.24, 2.45) is 5.41 Å². The molecular formula is C16H30O4. The van der Waals surface area contributed by atoms with Gasteiger partial charge in [0.05, 0.1) is 19.8 Å². The summed E-state index contributed by atoms with van der Waals surface area (Å²) in [4.78, 5) is 22.6. The normalized spacial score (nSPS) is 11.6. The zero-order chi connectivity index (χ0) is 15.4. The van der Waals surface area contributed by atoms with Gasteiger partial charge >= 0.3 is 0 Å². The fourth-order valence-corrected chi connectivity index (χ4v) is 1.74. The van der Waals surface area contributed by atoms with Crippen LogP contribution < -0.4 is 0 Å². The van der Waals surface area contributed by atoms with Gasteiger partial charge < -0.3 is 9.47 Å². The summed E-state index contributed by atoms with van der Waals surface area (Å²) >= 11 is 0.